The van der Waals surface area contributed by atoms with Crippen LogP contribution >= 0.6 is 0 Å². The molecule has 2 aliphatic heterocycles. The molecule has 4 rings (SSSR count). The third kappa shape index (κ3) is 22.1. The van der Waals surface area contributed by atoms with E-state index in [1.807, 2.05) is 62.3 Å². The van der Waals surface area contributed by atoms with Gasteiger partial charge in [0, 0.05) is 88.2 Å². The van der Waals surface area contributed by atoms with Gasteiger partial charge in [0.15, 0.2) is 0 Å². The first kappa shape index (κ1) is 79.0. The summed E-state index contributed by atoms with van der Waals surface area (Å²) in [5, 5.41) is 20.2. The number of carbonyl (C=O) groups is 11. The fourth-order valence-corrected chi connectivity index (χ4v) is 12.3. The topological polar surface area (TPSA) is 270 Å². The van der Waals surface area contributed by atoms with Gasteiger partial charge in [-0.1, -0.05) is 136 Å². The maximum Gasteiger partial charge on any atom is 0.248 e. The summed E-state index contributed by atoms with van der Waals surface area (Å²) in [5.74, 6) is -8.21. The quantitative estimate of drug-likeness (QED) is 0.177. The number of nitrogens with one attached hydrogen (secondary N) is 3. The predicted molar refractivity (Wildman–Crippen MR) is 362 cm³/mol. The Labute approximate surface area is 559 Å². The summed E-state index contributed by atoms with van der Waals surface area (Å²) >= 11 is 0. The fourth-order valence-electron chi connectivity index (χ4n) is 12.3. The van der Waals surface area contributed by atoms with E-state index in [0.29, 0.717) is 30.6 Å². The van der Waals surface area contributed by atoms with E-state index in [-0.39, 0.29) is 75.2 Å². The molecule has 0 radical (unpaired) electrons. The SMILES string of the molecule is CC[C@H](C)[C@@H]1NC(=O)[C@H](CC(C)C)N(C)C(=O)[C@H](CC(C)C)N(C)C(=O)CCN(C)C(=O)C[C@@H](C(=O)N2CCCCC2)NC(=O)[C@H](CC(C)C)N(C)C(=O)[C@H](CC(C)C)N(C)C(=O)[C@H](Cc2ccccc2)N(C)C(=O)[C@H](C(C)O)NC(=O)[C@H](Cc2ccccc2)N(C)C1=O. The fraction of sp³-hybridized carbons (Fsp3) is 0.676. The van der Waals surface area contributed by atoms with Gasteiger partial charge in [0.1, 0.15) is 54.4 Å². The number of nitrogens with zero attached hydrogens (tertiary/aromatic N) is 8. The minimum atomic E-state index is -1.70. The van der Waals surface area contributed by atoms with Gasteiger partial charge in [0.25, 0.3) is 0 Å². The Morgan fingerprint density at radius 2 is 0.819 bits per heavy atom. The maximum absolute atomic E-state index is 15.5. The highest BCUT2D eigenvalue weighted by Gasteiger charge is 2.45. The van der Waals surface area contributed by atoms with Gasteiger partial charge in [0.2, 0.25) is 65.0 Å². The van der Waals surface area contributed by atoms with Gasteiger partial charge in [-0.15, -0.1) is 0 Å². The highest BCUT2D eigenvalue weighted by molar-refractivity contribution is 5.99. The van der Waals surface area contributed by atoms with Gasteiger partial charge in [-0.2, -0.15) is 0 Å². The van der Waals surface area contributed by atoms with E-state index in [2.05, 4.69) is 16.0 Å². The van der Waals surface area contributed by atoms with Crippen molar-refractivity contribution in [3.05, 3.63) is 71.8 Å². The number of likely N-dealkylation sites (N-methyl/N-ethyl adjacent to an activating group) is 6. The van der Waals surface area contributed by atoms with Crippen molar-refractivity contribution in [2.75, 3.05) is 69.0 Å². The van der Waals surface area contributed by atoms with Crippen LogP contribution in [0.15, 0.2) is 60.7 Å². The first-order chi connectivity index (χ1) is 44.1. The van der Waals surface area contributed by atoms with Gasteiger partial charge >= 0.3 is 0 Å². The van der Waals surface area contributed by atoms with Crippen LogP contribution in [0, 0.1) is 29.6 Å². The second-order valence-electron chi connectivity index (χ2n) is 28.1. The third-order valence-electron chi connectivity index (χ3n) is 18.6. The van der Waals surface area contributed by atoms with Crippen LogP contribution in [0.2, 0.25) is 0 Å². The molecule has 94 heavy (non-hydrogen) atoms. The number of carbonyl (C=O) groups excluding carboxylic acids is 11. The van der Waals surface area contributed by atoms with Gasteiger partial charge in [0.05, 0.1) is 12.5 Å². The Kier molecular flexibility index (Phi) is 31.1. The van der Waals surface area contributed by atoms with Crippen molar-refractivity contribution in [3.8, 4) is 0 Å². The van der Waals surface area contributed by atoms with Crippen LogP contribution in [0.4, 0.5) is 0 Å². The number of likely N-dealkylation sites (tertiary alicyclic amines) is 1. The molecule has 4 N–H and O–H groups in total. The molecular formula is C71H113N11O12. The van der Waals surface area contributed by atoms with Crippen LogP contribution in [-0.4, -0.2) is 239 Å². The third-order valence-corrected chi connectivity index (χ3v) is 18.6. The van der Waals surface area contributed by atoms with Crippen molar-refractivity contribution < 1.29 is 57.8 Å². The number of aliphatic hydroxyl groups is 1. The van der Waals surface area contributed by atoms with Gasteiger partial charge in [-0.05, 0) is 92.6 Å². The normalized spacial score (nSPS) is 25.2. The lowest BCUT2D eigenvalue weighted by Gasteiger charge is -2.39. The lowest BCUT2D eigenvalue weighted by molar-refractivity contribution is -0.154. The number of benzene rings is 2. The van der Waals surface area contributed by atoms with Crippen LogP contribution in [0.3, 0.4) is 0 Å². The smallest absolute Gasteiger partial charge is 0.248 e. The Morgan fingerprint density at radius 1 is 0.447 bits per heavy atom. The molecule has 11 atom stereocenters. The first-order valence-corrected chi connectivity index (χ1v) is 33.9. The Balaban J connectivity index is 1.98. The largest absolute Gasteiger partial charge is 0.391 e. The molecule has 0 aliphatic carbocycles. The predicted octanol–water partition coefficient (Wildman–Crippen LogP) is 4.76. The molecule has 2 aromatic carbocycles. The van der Waals surface area contributed by atoms with E-state index in [9.17, 15) is 19.5 Å². The number of amides is 11. The van der Waals surface area contributed by atoms with Gasteiger partial charge < -0.3 is 60.3 Å². The second-order valence-corrected chi connectivity index (χ2v) is 28.1. The van der Waals surface area contributed by atoms with Crippen LogP contribution < -0.4 is 16.0 Å². The molecule has 2 heterocycles. The van der Waals surface area contributed by atoms with Crippen LogP contribution in [0.5, 0.6) is 0 Å². The zero-order valence-electron chi connectivity index (χ0n) is 59.6. The molecule has 0 bridgehead atoms. The highest BCUT2D eigenvalue weighted by atomic mass is 16.3. The Bertz CT molecular complexity index is 2870. The molecule has 2 fully saturated rings. The van der Waals surface area contributed by atoms with E-state index < -0.39 is 138 Å². The molecule has 2 aliphatic rings. The number of rotatable bonds is 16. The monoisotopic (exact) mass is 1310 g/mol. The zero-order chi connectivity index (χ0) is 70.6. The summed E-state index contributed by atoms with van der Waals surface area (Å²) in [7, 11) is 10.2. The van der Waals surface area contributed by atoms with E-state index >= 15 is 38.4 Å². The number of piperidine rings is 1. The Morgan fingerprint density at radius 3 is 1.28 bits per heavy atom. The summed E-state index contributed by atoms with van der Waals surface area (Å²) < 4.78 is 0. The molecule has 11 amide bonds. The summed E-state index contributed by atoms with van der Waals surface area (Å²) in [6, 6.07) is 6.08. The van der Waals surface area contributed by atoms with Crippen LogP contribution in [-0.2, 0) is 65.6 Å². The van der Waals surface area contributed by atoms with E-state index in [0.717, 1.165) is 24.2 Å². The van der Waals surface area contributed by atoms with E-state index in [1.165, 1.54) is 85.7 Å². The lowest BCUT2D eigenvalue weighted by atomic mass is 9.94. The number of hydrogen-bond donors (Lipinski definition) is 4. The standard InChI is InChI=1S/C71H113N11O12/c1-19-48(10)61-70(93)79(16)55(41-50-29-23-20-24-30-50)65(88)74-62(49(11)83)71(94)81(18)58(42-51-31-25-21-26-32-51)69(92)80(17)57(40-47(8)9)68(91)77(14)53(37-44(2)3)63(86)72-52(66(89)82-34-27-22-28-35-82)43-60(85)75(12)36-33-59(84)76(13)56(39-46(6)7)67(90)78(15)54(38-45(4)5)64(87)73-61/h20-21,23-26,29-32,44-49,52-58,61-62,83H,19,22,27-28,33-43H2,1-18H3,(H,72,86)(H,73,87)(H,74,88)/t48-,49?,52-,53-,54-,55-,56-,57-,58-,61-,62-/m0/s1. The van der Waals surface area contributed by atoms with Crippen molar-refractivity contribution in [1.82, 2.24) is 55.1 Å². The Hall–Kier alpha value is -7.43. The average molecular weight is 1310 g/mol. The molecule has 23 nitrogen and oxygen atoms in total. The van der Waals surface area contributed by atoms with Crippen molar-refractivity contribution in [1.29, 1.82) is 0 Å². The second kappa shape index (κ2) is 37.0. The molecule has 23 heteroatoms. The summed E-state index contributed by atoms with van der Waals surface area (Å²) in [5.41, 5.74) is 1.28. The molecule has 0 spiro atoms. The van der Waals surface area contributed by atoms with Crippen LogP contribution in [0.25, 0.3) is 0 Å². The summed E-state index contributed by atoms with van der Waals surface area (Å²) in [6.45, 7) is 20.7. The molecular weight excluding hydrogens is 1200 g/mol. The van der Waals surface area contributed by atoms with Crippen molar-refractivity contribution >= 4 is 65.0 Å². The zero-order valence-corrected chi connectivity index (χ0v) is 59.6. The molecule has 1 unspecified atom stereocenters. The molecule has 0 aromatic heterocycles. The number of aliphatic hydroxyl groups excluding tert-OH is 1. The van der Waals surface area contributed by atoms with Crippen LogP contribution in [0.1, 0.15) is 151 Å². The van der Waals surface area contributed by atoms with Gasteiger partial charge in [-0.3, -0.25) is 52.7 Å². The summed E-state index contributed by atoms with van der Waals surface area (Å²) in [6.07, 6.45) is 0.876. The highest BCUT2D eigenvalue weighted by Crippen LogP contribution is 2.25. The van der Waals surface area contributed by atoms with Crippen molar-refractivity contribution in [2.24, 2.45) is 29.6 Å². The van der Waals surface area contributed by atoms with Crippen molar-refractivity contribution in [2.45, 2.75) is 214 Å². The summed E-state index contributed by atoms with van der Waals surface area (Å²) in [4.78, 5) is 176. The van der Waals surface area contributed by atoms with E-state index in [1.54, 1.807) is 72.5 Å². The molecule has 2 aromatic rings. The number of hydrogen-bond acceptors (Lipinski definition) is 12. The average Bonchev–Trinajstić information content (AvgIpc) is 0.820. The first-order valence-electron chi connectivity index (χ1n) is 33.9. The minimum absolute atomic E-state index is 0.0751. The molecule has 0 saturated carbocycles. The lowest BCUT2D eigenvalue weighted by Crippen LogP contribution is -2.63. The minimum Gasteiger partial charge on any atom is -0.391 e. The van der Waals surface area contributed by atoms with Crippen molar-refractivity contribution in [3.63, 3.8) is 0 Å². The van der Waals surface area contributed by atoms with Gasteiger partial charge in [-0.25, -0.2) is 0 Å². The molecule has 2 saturated heterocycles. The van der Waals surface area contributed by atoms with E-state index in [4.69, 9.17) is 0 Å². The molecule has 524 valence electrons. The maximum atomic E-state index is 15.5.